The number of rotatable bonds is 3. The summed E-state index contributed by atoms with van der Waals surface area (Å²) in [6, 6.07) is 5.97. The maximum atomic E-state index is 12.8. The van der Waals surface area contributed by atoms with Gasteiger partial charge in [0.05, 0.1) is 13.5 Å². The maximum absolute atomic E-state index is 12.8. The molecule has 6 heteroatoms. The number of hydrogen-bond donors (Lipinski definition) is 1. The lowest BCUT2D eigenvalue weighted by Gasteiger charge is -2.31. The Bertz CT molecular complexity index is 496. The van der Waals surface area contributed by atoms with Gasteiger partial charge in [0.15, 0.2) is 0 Å². The average Bonchev–Trinajstić information content (AvgIpc) is 2.49. The Labute approximate surface area is 123 Å². The summed E-state index contributed by atoms with van der Waals surface area (Å²) in [4.78, 5) is 24.9. The largest absolute Gasteiger partial charge is 0.453 e. The second-order valence-corrected chi connectivity index (χ2v) is 5.10. The third-order valence-electron chi connectivity index (χ3n) is 3.57. The molecule has 2 rings (SSSR count). The molecule has 1 saturated heterocycles. The second kappa shape index (κ2) is 7.06. The van der Waals surface area contributed by atoms with Crippen LogP contribution in [0.5, 0.6) is 0 Å². The van der Waals surface area contributed by atoms with Gasteiger partial charge in [0.1, 0.15) is 5.82 Å². The van der Waals surface area contributed by atoms with Crippen LogP contribution in [0.2, 0.25) is 0 Å². The number of carbonyl (C=O) groups excluding carboxylic acids is 2. The first-order valence-electron chi connectivity index (χ1n) is 6.95. The quantitative estimate of drug-likeness (QED) is 0.923. The average molecular weight is 294 g/mol. The van der Waals surface area contributed by atoms with E-state index in [0.29, 0.717) is 25.9 Å². The first kappa shape index (κ1) is 15.3. The topological polar surface area (TPSA) is 58.6 Å². The van der Waals surface area contributed by atoms with Crippen LogP contribution in [0.1, 0.15) is 18.4 Å². The standard InChI is InChI=1S/C15H19FN2O3/c1-21-15(20)18-8-6-13(7-9-18)17-14(19)10-11-2-4-12(16)5-3-11/h2-5,13H,6-10H2,1H3,(H,17,19). The molecule has 5 nitrogen and oxygen atoms in total. The lowest BCUT2D eigenvalue weighted by Crippen LogP contribution is -2.46. The van der Waals surface area contributed by atoms with Crippen LogP contribution in [0, 0.1) is 5.82 Å². The molecule has 0 bridgehead atoms. The van der Waals surface area contributed by atoms with Crippen molar-refractivity contribution >= 4 is 12.0 Å². The molecule has 0 saturated carbocycles. The molecule has 0 atom stereocenters. The highest BCUT2D eigenvalue weighted by molar-refractivity contribution is 5.78. The molecule has 0 unspecified atom stereocenters. The number of likely N-dealkylation sites (tertiary alicyclic amines) is 1. The molecule has 1 fully saturated rings. The fourth-order valence-electron chi connectivity index (χ4n) is 2.40. The van der Waals surface area contributed by atoms with Gasteiger partial charge in [-0.15, -0.1) is 0 Å². The van der Waals surface area contributed by atoms with E-state index < -0.39 is 0 Å². The number of carbonyl (C=O) groups is 2. The van der Waals surface area contributed by atoms with Crippen molar-refractivity contribution in [1.29, 1.82) is 0 Å². The fourth-order valence-corrected chi connectivity index (χ4v) is 2.40. The molecule has 1 aliphatic rings. The fraction of sp³-hybridized carbons (Fsp3) is 0.467. The minimum absolute atomic E-state index is 0.0684. The van der Waals surface area contributed by atoms with Crippen LogP contribution in [0.4, 0.5) is 9.18 Å². The van der Waals surface area contributed by atoms with Gasteiger partial charge in [0.2, 0.25) is 5.91 Å². The summed E-state index contributed by atoms with van der Waals surface area (Å²) in [6.45, 7) is 1.16. The molecule has 1 aliphatic heterocycles. The minimum atomic E-state index is -0.328. The first-order chi connectivity index (χ1) is 10.1. The van der Waals surface area contributed by atoms with Crippen molar-refractivity contribution in [2.24, 2.45) is 0 Å². The minimum Gasteiger partial charge on any atom is -0.453 e. The van der Waals surface area contributed by atoms with E-state index in [0.717, 1.165) is 5.56 Å². The Kier molecular flexibility index (Phi) is 5.14. The number of piperidine rings is 1. The van der Waals surface area contributed by atoms with E-state index in [1.807, 2.05) is 0 Å². The molecule has 1 aromatic carbocycles. The molecular formula is C15H19FN2O3. The zero-order chi connectivity index (χ0) is 15.2. The first-order valence-corrected chi connectivity index (χ1v) is 6.95. The molecule has 114 valence electrons. The van der Waals surface area contributed by atoms with Gasteiger partial charge in [0.25, 0.3) is 0 Å². The Balaban J connectivity index is 1.76. The zero-order valence-electron chi connectivity index (χ0n) is 12.0. The number of halogens is 1. The van der Waals surface area contributed by atoms with Crippen LogP contribution in [0.25, 0.3) is 0 Å². The molecular weight excluding hydrogens is 275 g/mol. The van der Waals surface area contributed by atoms with Gasteiger partial charge in [-0.1, -0.05) is 12.1 Å². The van der Waals surface area contributed by atoms with Gasteiger partial charge in [-0.05, 0) is 30.5 Å². The number of nitrogens with one attached hydrogen (secondary N) is 1. The summed E-state index contributed by atoms with van der Waals surface area (Å²) >= 11 is 0. The highest BCUT2D eigenvalue weighted by Crippen LogP contribution is 2.12. The van der Waals surface area contributed by atoms with Gasteiger partial charge in [0, 0.05) is 19.1 Å². The molecule has 0 aliphatic carbocycles. The highest BCUT2D eigenvalue weighted by Gasteiger charge is 2.24. The molecule has 0 aromatic heterocycles. The third-order valence-corrected chi connectivity index (χ3v) is 3.57. The second-order valence-electron chi connectivity index (χ2n) is 5.10. The van der Waals surface area contributed by atoms with Crippen molar-refractivity contribution in [3.63, 3.8) is 0 Å². The number of benzene rings is 1. The van der Waals surface area contributed by atoms with Gasteiger partial charge in [-0.2, -0.15) is 0 Å². The van der Waals surface area contributed by atoms with E-state index >= 15 is 0 Å². The predicted octanol–water partition coefficient (Wildman–Crippen LogP) is 1.72. The van der Waals surface area contributed by atoms with Crippen LogP contribution in [-0.2, 0) is 16.0 Å². The zero-order valence-corrected chi connectivity index (χ0v) is 12.0. The van der Waals surface area contributed by atoms with Crippen molar-refractivity contribution in [3.8, 4) is 0 Å². The van der Waals surface area contributed by atoms with Crippen LogP contribution in [0.15, 0.2) is 24.3 Å². The van der Waals surface area contributed by atoms with E-state index in [-0.39, 0.29) is 30.3 Å². The van der Waals surface area contributed by atoms with Crippen LogP contribution < -0.4 is 5.32 Å². The summed E-state index contributed by atoms with van der Waals surface area (Å²) < 4.78 is 17.4. The van der Waals surface area contributed by atoms with Crippen molar-refractivity contribution in [3.05, 3.63) is 35.6 Å². The number of ether oxygens (including phenoxy) is 1. The molecule has 1 heterocycles. The Hall–Kier alpha value is -2.11. The van der Waals surface area contributed by atoms with Gasteiger partial charge >= 0.3 is 6.09 Å². The van der Waals surface area contributed by atoms with Gasteiger partial charge in [-0.3, -0.25) is 4.79 Å². The molecule has 1 N–H and O–H groups in total. The Morgan fingerprint density at radius 1 is 1.29 bits per heavy atom. The monoisotopic (exact) mass is 294 g/mol. The molecule has 21 heavy (non-hydrogen) atoms. The SMILES string of the molecule is COC(=O)N1CCC(NC(=O)Cc2ccc(F)cc2)CC1. The van der Waals surface area contributed by atoms with Crippen molar-refractivity contribution in [2.45, 2.75) is 25.3 Å². The van der Waals surface area contributed by atoms with Gasteiger partial charge in [-0.25, -0.2) is 9.18 Å². The predicted molar refractivity (Wildman–Crippen MR) is 75.2 cm³/mol. The van der Waals surface area contributed by atoms with Crippen LogP contribution >= 0.6 is 0 Å². The van der Waals surface area contributed by atoms with Crippen molar-refractivity contribution in [2.75, 3.05) is 20.2 Å². The molecule has 0 radical (unpaired) electrons. The summed E-state index contributed by atoms with van der Waals surface area (Å²) in [5.41, 5.74) is 0.779. The molecule has 0 spiro atoms. The summed E-state index contributed by atoms with van der Waals surface area (Å²) in [6.07, 6.45) is 1.33. The summed E-state index contributed by atoms with van der Waals surface area (Å²) in [7, 11) is 1.36. The smallest absolute Gasteiger partial charge is 0.409 e. The number of nitrogens with zero attached hydrogens (tertiary/aromatic N) is 1. The van der Waals surface area contributed by atoms with E-state index in [1.54, 1.807) is 17.0 Å². The molecule has 2 amide bonds. The van der Waals surface area contributed by atoms with Crippen LogP contribution in [0.3, 0.4) is 0 Å². The number of methoxy groups -OCH3 is 1. The Morgan fingerprint density at radius 3 is 2.48 bits per heavy atom. The Morgan fingerprint density at radius 2 is 1.90 bits per heavy atom. The van der Waals surface area contributed by atoms with E-state index in [4.69, 9.17) is 0 Å². The number of hydrogen-bond acceptors (Lipinski definition) is 3. The lowest BCUT2D eigenvalue weighted by molar-refractivity contribution is -0.121. The van der Waals surface area contributed by atoms with Gasteiger partial charge < -0.3 is 15.0 Å². The van der Waals surface area contributed by atoms with Crippen LogP contribution in [-0.4, -0.2) is 43.1 Å². The summed E-state index contributed by atoms with van der Waals surface area (Å²) in [5.74, 6) is -0.396. The van der Waals surface area contributed by atoms with E-state index in [1.165, 1.54) is 19.2 Å². The van der Waals surface area contributed by atoms with E-state index in [2.05, 4.69) is 10.1 Å². The summed E-state index contributed by atoms with van der Waals surface area (Å²) in [5, 5.41) is 2.95. The number of amides is 2. The van der Waals surface area contributed by atoms with E-state index in [9.17, 15) is 14.0 Å². The highest BCUT2D eigenvalue weighted by atomic mass is 19.1. The normalized spacial score (nSPS) is 15.6. The maximum Gasteiger partial charge on any atom is 0.409 e. The molecule has 1 aromatic rings. The van der Waals surface area contributed by atoms with Crippen molar-refractivity contribution in [1.82, 2.24) is 10.2 Å². The third kappa shape index (κ3) is 4.44. The lowest BCUT2D eigenvalue weighted by atomic mass is 10.0. The van der Waals surface area contributed by atoms with Crippen molar-refractivity contribution < 1.29 is 18.7 Å².